The largest absolute Gasteiger partial charge is 0.377 e. The molecule has 0 saturated heterocycles. The van der Waals surface area contributed by atoms with E-state index < -0.39 is 11.9 Å². The lowest BCUT2D eigenvalue weighted by Gasteiger charge is -2.11. The molecule has 0 aliphatic rings. The normalized spacial score (nSPS) is 10.4. The summed E-state index contributed by atoms with van der Waals surface area (Å²) in [5.74, 6) is -1.25. The van der Waals surface area contributed by atoms with Crippen molar-refractivity contribution in [2.24, 2.45) is 0 Å². The van der Waals surface area contributed by atoms with Crippen molar-refractivity contribution in [1.29, 1.82) is 0 Å². The van der Waals surface area contributed by atoms with Crippen LogP contribution in [-0.4, -0.2) is 17.5 Å². The molecule has 0 radical (unpaired) electrons. The van der Waals surface area contributed by atoms with Gasteiger partial charge in [-0.25, -0.2) is 4.98 Å². The van der Waals surface area contributed by atoms with Gasteiger partial charge in [0.1, 0.15) is 0 Å². The fourth-order valence-electron chi connectivity index (χ4n) is 1.91. The van der Waals surface area contributed by atoms with Crippen molar-refractivity contribution < 1.29 is 13.9 Å². The minimum atomic E-state index is -0.766. The predicted octanol–water partition coefficient (Wildman–Crippen LogP) is 2.69. The zero-order valence-electron chi connectivity index (χ0n) is 11.8. The molecular formula is C16H17FN2O2. The molecule has 1 amide bonds. The number of hydrogen-bond donors (Lipinski definition) is 1. The van der Waals surface area contributed by atoms with Crippen LogP contribution in [0.4, 0.5) is 4.39 Å². The minimum Gasteiger partial charge on any atom is -0.377 e. The van der Waals surface area contributed by atoms with Gasteiger partial charge >= 0.3 is 0 Å². The molecule has 0 fully saturated rings. The van der Waals surface area contributed by atoms with E-state index in [2.05, 4.69) is 10.3 Å². The van der Waals surface area contributed by atoms with E-state index in [1.807, 2.05) is 31.2 Å². The molecule has 1 aromatic heterocycles. The first-order chi connectivity index (χ1) is 10.2. The van der Waals surface area contributed by atoms with Gasteiger partial charge < -0.3 is 10.1 Å². The average molecular weight is 288 g/mol. The van der Waals surface area contributed by atoms with Gasteiger partial charge in [0.15, 0.2) is 0 Å². The fraction of sp³-hybridized carbons (Fsp3) is 0.250. The van der Waals surface area contributed by atoms with E-state index in [-0.39, 0.29) is 5.56 Å². The van der Waals surface area contributed by atoms with E-state index in [1.54, 1.807) is 0 Å². The number of hydrogen-bond acceptors (Lipinski definition) is 3. The van der Waals surface area contributed by atoms with Gasteiger partial charge in [-0.1, -0.05) is 24.3 Å². The lowest BCUT2D eigenvalue weighted by molar-refractivity contribution is 0.0945. The molecule has 0 atom stereocenters. The Kier molecular flexibility index (Phi) is 5.40. The van der Waals surface area contributed by atoms with Gasteiger partial charge in [0.05, 0.1) is 12.2 Å². The lowest BCUT2D eigenvalue weighted by atomic mass is 10.1. The molecule has 0 bridgehead atoms. The summed E-state index contributed by atoms with van der Waals surface area (Å²) in [4.78, 5) is 15.4. The third-order valence-corrected chi connectivity index (χ3v) is 3.02. The number of amides is 1. The molecular weight excluding hydrogens is 271 g/mol. The van der Waals surface area contributed by atoms with Crippen molar-refractivity contribution in [3.63, 3.8) is 0 Å². The molecule has 5 heteroatoms. The summed E-state index contributed by atoms with van der Waals surface area (Å²) in [5.41, 5.74) is 1.90. The Morgan fingerprint density at radius 2 is 2.00 bits per heavy atom. The van der Waals surface area contributed by atoms with E-state index in [1.165, 1.54) is 18.3 Å². The molecule has 0 spiro atoms. The molecule has 4 nitrogen and oxygen atoms in total. The number of benzene rings is 1. The number of nitrogens with one attached hydrogen (secondary N) is 1. The number of carbonyl (C=O) groups excluding carboxylic acids is 1. The standard InChI is InChI=1S/C16H17FN2O2/c1-2-21-11-13-7-4-3-6-12(13)10-19-16(20)14-8-5-9-18-15(14)17/h3-9H,2,10-11H2,1H3,(H,19,20). The Morgan fingerprint density at radius 1 is 1.24 bits per heavy atom. The molecule has 0 unspecified atom stereocenters. The Bertz CT molecular complexity index is 617. The van der Waals surface area contributed by atoms with E-state index in [9.17, 15) is 9.18 Å². The second-order valence-corrected chi connectivity index (χ2v) is 4.43. The zero-order valence-corrected chi connectivity index (χ0v) is 11.8. The first kappa shape index (κ1) is 15.1. The van der Waals surface area contributed by atoms with Crippen LogP contribution in [0.25, 0.3) is 0 Å². The summed E-state index contributed by atoms with van der Waals surface area (Å²) < 4.78 is 18.8. The molecule has 1 N–H and O–H groups in total. The van der Waals surface area contributed by atoms with Crippen molar-refractivity contribution in [2.75, 3.05) is 6.61 Å². The van der Waals surface area contributed by atoms with Crippen molar-refractivity contribution in [2.45, 2.75) is 20.1 Å². The highest BCUT2D eigenvalue weighted by molar-refractivity contribution is 5.94. The maximum atomic E-state index is 13.4. The van der Waals surface area contributed by atoms with E-state index in [0.717, 1.165) is 11.1 Å². The maximum Gasteiger partial charge on any atom is 0.256 e. The quantitative estimate of drug-likeness (QED) is 0.831. The second-order valence-electron chi connectivity index (χ2n) is 4.43. The number of halogens is 1. The smallest absolute Gasteiger partial charge is 0.256 e. The van der Waals surface area contributed by atoms with Crippen molar-refractivity contribution in [3.8, 4) is 0 Å². The van der Waals surface area contributed by atoms with Crippen molar-refractivity contribution in [3.05, 3.63) is 65.2 Å². The second kappa shape index (κ2) is 7.50. The van der Waals surface area contributed by atoms with E-state index in [0.29, 0.717) is 19.8 Å². The summed E-state index contributed by atoms with van der Waals surface area (Å²) in [6.45, 7) is 3.36. The van der Waals surface area contributed by atoms with Crippen molar-refractivity contribution in [1.82, 2.24) is 10.3 Å². The molecule has 1 aromatic carbocycles. The highest BCUT2D eigenvalue weighted by atomic mass is 19.1. The van der Waals surface area contributed by atoms with Crippen LogP contribution in [-0.2, 0) is 17.9 Å². The van der Waals surface area contributed by atoms with Gasteiger partial charge in [-0.2, -0.15) is 4.39 Å². The molecule has 1 heterocycles. The molecule has 0 aliphatic carbocycles. The predicted molar refractivity (Wildman–Crippen MR) is 77.1 cm³/mol. The Labute approximate surface area is 123 Å². The molecule has 110 valence electrons. The van der Waals surface area contributed by atoms with Crippen LogP contribution >= 0.6 is 0 Å². The van der Waals surface area contributed by atoms with Gasteiger partial charge in [0.25, 0.3) is 5.91 Å². The van der Waals surface area contributed by atoms with Crippen LogP contribution in [0.3, 0.4) is 0 Å². The highest BCUT2D eigenvalue weighted by Gasteiger charge is 2.12. The molecule has 0 saturated carbocycles. The number of rotatable bonds is 6. The van der Waals surface area contributed by atoms with Crippen LogP contribution in [0.2, 0.25) is 0 Å². The van der Waals surface area contributed by atoms with Crippen LogP contribution in [0.5, 0.6) is 0 Å². The number of aromatic nitrogens is 1. The fourth-order valence-corrected chi connectivity index (χ4v) is 1.91. The van der Waals surface area contributed by atoms with Crippen LogP contribution in [0.1, 0.15) is 28.4 Å². The molecule has 2 aromatic rings. The molecule has 2 rings (SSSR count). The summed E-state index contributed by atoms with van der Waals surface area (Å²) in [6, 6.07) is 10.6. The average Bonchev–Trinajstić information content (AvgIpc) is 2.52. The van der Waals surface area contributed by atoms with E-state index >= 15 is 0 Å². The van der Waals surface area contributed by atoms with Gasteiger partial charge in [0, 0.05) is 19.3 Å². The Hall–Kier alpha value is -2.27. The van der Waals surface area contributed by atoms with Crippen molar-refractivity contribution >= 4 is 5.91 Å². The van der Waals surface area contributed by atoms with Gasteiger partial charge in [-0.05, 0) is 30.2 Å². The topological polar surface area (TPSA) is 51.2 Å². The minimum absolute atomic E-state index is 0.0558. The Morgan fingerprint density at radius 3 is 2.71 bits per heavy atom. The van der Waals surface area contributed by atoms with Gasteiger partial charge in [-0.3, -0.25) is 4.79 Å². The SMILES string of the molecule is CCOCc1ccccc1CNC(=O)c1cccnc1F. The summed E-state index contributed by atoms with van der Waals surface area (Å²) >= 11 is 0. The first-order valence-electron chi connectivity index (χ1n) is 6.75. The molecule has 21 heavy (non-hydrogen) atoms. The Balaban J connectivity index is 2.03. The van der Waals surface area contributed by atoms with Gasteiger partial charge in [0.2, 0.25) is 5.95 Å². The van der Waals surface area contributed by atoms with Crippen LogP contribution < -0.4 is 5.32 Å². The summed E-state index contributed by atoms with van der Waals surface area (Å²) in [6.07, 6.45) is 1.31. The molecule has 0 aliphatic heterocycles. The number of ether oxygens (including phenoxy) is 1. The van der Waals surface area contributed by atoms with Crippen LogP contribution in [0.15, 0.2) is 42.6 Å². The van der Waals surface area contributed by atoms with Crippen LogP contribution in [0, 0.1) is 5.95 Å². The maximum absolute atomic E-state index is 13.4. The van der Waals surface area contributed by atoms with E-state index in [4.69, 9.17) is 4.74 Å². The third kappa shape index (κ3) is 4.10. The summed E-state index contributed by atoms with van der Waals surface area (Å²) in [7, 11) is 0. The monoisotopic (exact) mass is 288 g/mol. The number of pyridine rings is 1. The third-order valence-electron chi connectivity index (χ3n) is 3.02. The first-order valence-corrected chi connectivity index (χ1v) is 6.75. The summed E-state index contributed by atoms with van der Waals surface area (Å²) in [5, 5.41) is 2.70. The van der Waals surface area contributed by atoms with Gasteiger partial charge in [-0.15, -0.1) is 0 Å². The zero-order chi connectivity index (χ0) is 15.1. The number of nitrogens with zero attached hydrogens (tertiary/aromatic N) is 1. The highest BCUT2D eigenvalue weighted by Crippen LogP contribution is 2.11. The lowest BCUT2D eigenvalue weighted by Crippen LogP contribution is -2.24. The number of carbonyl (C=O) groups is 1.